The van der Waals surface area contributed by atoms with Gasteiger partial charge in [0.25, 0.3) is 5.91 Å². The summed E-state index contributed by atoms with van der Waals surface area (Å²) in [7, 11) is 3.35. The highest BCUT2D eigenvalue weighted by atomic mass is 79.9. The summed E-state index contributed by atoms with van der Waals surface area (Å²) in [5.41, 5.74) is 0.224. The average Bonchev–Trinajstić information content (AvgIpc) is 2.61. The first kappa shape index (κ1) is 22.1. The largest absolute Gasteiger partial charge is 0.469 e. The number of hydrogen-bond acceptors (Lipinski definition) is 7. The first-order valence-electron chi connectivity index (χ1n) is 7.22. The third kappa shape index (κ3) is 6.10. The van der Waals surface area contributed by atoms with E-state index in [0.29, 0.717) is 8.95 Å². The Bertz CT molecular complexity index is 688. The fraction of sp³-hybridized carbons (Fsp3) is 0.375. The molecule has 1 aromatic rings. The molecule has 0 radical (unpaired) electrons. The second-order valence-corrected chi connectivity index (χ2v) is 6.87. The summed E-state index contributed by atoms with van der Waals surface area (Å²) in [4.78, 5) is 48.3. The van der Waals surface area contributed by atoms with E-state index in [-0.39, 0.29) is 5.56 Å². The first-order chi connectivity index (χ1) is 12.2. The van der Waals surface area contributed by atoms with Crippen molar-refractivity contribution in [1.82, 2.24) is 5.32 Å². The fourth-order valence-corrected chi connectivity index (χ4v) is 3.41. The summed E-state index contributed by atoms with van der Waals surface area (Å²) in [6, 6.07) is 3.35. The molecule has 0 unspecified atom stereocenters. The zero-order valence-electron chi connectivity index (χ0n) is 14.2. The van der Waals surface area contributed by atoms with Gasteiger partial charge in [-0.15, -0.1) is 0 Å². The molecule has 1 N–H and O–H groups in total. The maximum absolute atomic E-state index is 12.5. The predicted octanol–water partition coefficient (Wildman–Crippen LogP) is 1.84. The van der Waals surface area contributed by atoms with Crippen LogP contribution in [0, 0.1) is 5.92 Å². The predicted molar refractivity (Wildman–Crippen MR) is 97.3 cm³/mol. The van der Waals surface area contributed by atoms with Gasteiger partial charge in [0.1, 0.15) is 6.04 Å². The lowest BCUT2D eigenvalue weighted by molar-refractivity contribution is -0.158. The molecular formula is C16H17Br2NO7. The molecular weight excluding hydrogens is 478 g/mol. The van der Waals surface area contributed by atoms with E-state index in [1.54, 1.807) is 6.07 Å². The van der Waals surface area contributed by atoms with Crippen LogP contribution in [0.4, 0.5) is 0 Å². The van der Waals surface area contributed by atoms with Crippen LogP contribution in [0.3, 0.4) is 0 Å². The number of rotatable bonds is 7. The van der Waals surface area contributed by atoms with Gasteiger partial charge in [0.2, 0.25) is 0 Å². The molecule has 26 heavy (non-hydrogen) atoms. The molecule has 0 fully saturated rings. The summed E-state index contributed by atoms with van der Waals surface area (Å²) in [6.07, 6.45) is -0.467. The highest BCUT2D eigenvalue weighted by Crippen LogP contribution is 2.21. The van der Waals surface area contributed by atoms with Gasteiger partial charge in [-0.2, -0.15) is 0 Å². The van der Waals surface area contributed by atoms with E-state index in [2.05, 4.69) is 51.4 Å². The van der Waals surface area contributed by atoms with Crippen LogP contribution in [0.15, 0.2) is 27.1 Å². The molecule has 1 amide bonds. The van der Waals surface area contributed by atoms with Gasteiger partial charge in [0.15, 0.2) is 0 Å². The lowest BCUT2D eigenvalue weighted by Gasteiger charge is -2.23. The summed E-state index contributed by atoms with van der Waals surface area (Å²) in [5.74, 6) is -4.44. The molecule has 0 aromatic heterocycles. The van der Waals surface area contributed by atoms with Crippen molar-refractivity contribution in [3.05, 3.63) is 32.7 Å². The topological polar surface area (TPSA) is 108 Å². The van der Waals surface area contributed by atoms with Crippen LogP contribution >= 0.6 is 31.9 Å². The number of halogens is 2. The van der Waals surface area contributed by atoms with Crippen LogP contribution in [0.2, 0.25) is 0 Å². The number of methoxy groups -OCH3 is 3. The molecule has 8 nitrogen and oxygen atoms in total. The van der Waals surface area contributed by atoms with E-state index in [0.717, 1.165) is 21.3 Å². The van der Waals surface area contributed by atoms with Gasteiger partial charge < -0.3 is 19.5 Å². The normalized spacial score (nSPS) is 12.5. The van der Waals surface area contributed by atoms with Gasteiger partial charge in [0, 0.05) is 14.5 Å². The van der Waals surface area contributed by atoms with Crippen LogP contribution in [0.25, 0.3) is 0 Å². The number of hydrogen-bond donors (Lipinski definition) is 1. The average molecular weight is 495 g/mol. The first-order valence-corrected chi connectivity index (χ1v) is 8.81. The number of amides is 1. The molecule has 0 aliphatic carbocycles. The zero-order valence-corrected chi connectivity index (χ0v) is 17.4. The smallest absolute Gasteiger partial charge is 0.329 e. The molecule has 10 heteroatoms. The van der Waals surface area contributed by atoms with Crippen LogP contribution in [0.5, 0.6) is 0 Å². The Morgan fingerprint density at radius 2 is 1.46 bits per heavy atom. The van der Waals surface area contributed by atoms with Gasteiger partial charge in [-0.25, -0.2) is 4.79 Å². The SMILES string of the molecule is COC(=O)C[C@@H](C(=O)OC)[C@@H](NC(=O)c1cc(Br)cc(Br)c1)C(=O)OC. The molecule has 0 aliphatic heterocycles. The fourth-order valence-electron chi connectivity index (χ4n) is 2.11. The Morgan fingerprint density at radius 3 is 1.92 bits per heavy atom. The zero-order chi connectivity index (χ0) is 19.9. The Labute approximate surface area is 166 Å². The number of esters is 3. The minimum absolute atomic E-state index is 0.224. The Balaban J connectivity index is 3.17. The minimum Gasteiger partial charge on any atom is -0.469 e. The number of ether oxygens (including phenoxy) is 3. The van der Waals surface area contributed by atoms with Crippen molar-refractivity contribution < 1.29 is 33.4 Å². The maximum atomic E-state index is 12.5. The van der Waals surface area contributed by atoms with Crippen molar-refractivity contribution in [2.75, 3.05) is 21.3 Å². The number of carbonyl (C=O) groups excluding carboxylic acids is 4. The number of carbonyl (C=O) groups is 4. The standard InChI is InChI=1S/C16H17Br2NO7/c1-24-12(20)7-11(15(22)25-2)13(16(23)26-3)19-14(21)8-4-9(17)6-10(18)5-8/h4-6,11,13H,7H2,1-3H3,(H,19,21)/t11-,13-/m1/s1. The molecule has 1 aromatic carbocycles. The van der Waals surface area contributed by atoms with E-state index in [1.165, 1.54) is 12.1 Å². The summed E-state index contributed by atoms with van der Waals surface area (Å²) in [6.45, 7) is 0. The molecule has 0 bridgehead atoms. The van der Waals surface area contributed by atoms with Crippen molar-refractivity contribution >= 4 is 55.7 Å². The Morgan fingerprint density at radius 1 is 0.923 bits per heavy atom. The number of nitrogens with one attached hydrogen (secondary N) is 1. The van der Waals surface area contributed by atoms with E-state index in [1.807, 2.05) is 0 Å². The van der Waals surface area contributed by atoms with Gasteiger partial charge in [-0.3, -0.25) is 14.4 Å². The van der Waals surface area contributed by atoms with Crippen LogP contribution in [0.1, 0.15) is 16.8 Å². The Kier molecular flexibility index (Phi) is 8.73. The molecule has 0 aliphatic rings. The molecule has 0 saturated carbocycles. The monoisotopic (exact) mass is 493 g/mol. The van der Waals surface area contributed by atoms with Crippen LogP contribution < -0.4 is 5.32 Å². The van der Waals surface area contributed by atoms with Crippen molar-refractivity contribution in [3.63, 3.8) is 0 Å². The highest BCUT2D eigenvalue weighted by molar-refractivity contribution is 9.11. The van der Waals surface area contributed by atoms with E-state index >= 15 is 0 Å². The lowest BCUT2D eigenvalue weighted by Crippen LogP contribution is -2.50. The van der Waals surface area contributed by atoms with Crippen molar-refractivity contribution in [2.24, 2.45) is 5.92 Å². The third-order valence-electron chi connectivity index (χ3n) is 3.39. The van der Waals surface area contributed by atoms with Gasteiger partial charge in [-0.05, 0) is 18.2 Å². The number of benzene rings is 1. The molecule has 142 valence electrons. The van der Waals surface area contributed by atoms with Crippen molar-refractivity contribution in [1.29, 1.82) is 0 Å². The quantitative estimate of drug-likeness (QED) is 0.455. The van der Waals surface area contributed by atoms with Gasteiger partial charge in [0.05, 0.1) is 33.7 Å². The molecule has 0 spiro atoms. The molecule has 2 atom stereocenters. The Hall–Kier alpha value is -1.94. The van der Waals surface area contributed by atoms with Crippen LogP contribution in [-0.4, -0.2) is 51.2 Å². The van der Waals surface area contributed by atoms with Crippen LogP contribution in [-0.2, 0) is 28.6 Å². The second-order valence-electron chi connectivity index (χ2n) is 5.04. The maximum Gasteiger partial charge on any atom is 0.329 e. The third-order valence-corrected chi connectivity index (χ3v) is 4.30. The summed E-state index contributed by atoms with van der Waals surface area (Å²) in [5, 5.41) is 2.42. The summed E-state index contributed by atoms with van der Waals surface area (Å²) >= 11 is 6.52. The minimum atomic E-state index is -1.43. The molecule has 0 saturated heterocycles. The lowest BCUT2D eigenvalue weighted by atomic mass is 9.95. The van der Waals surface area contributed by atoms with E-state index < -0.39 is 42.2 Å². The van der Waals surface area contributed by atoms with E-state index in [9.17, 15) is 19.2 Å². The van der Waals surface area contributed by atoms with E-state index in [4.69, 9.17) is 0 Å². The molecule has 1 rings (SSSR count). The highest BCUT2D eigenvalue weighted by Gasteiger charge is 2.38. The van der Waals surface area contributed by atoms with Crippen molar-refractivity contribution in [2.45, 2.75) is 12.5 Å². The summed E-state index contributed by atoms with van der Waals surface area (Å²) < 4.78 is 15.1. The van der Waals surface area contributed by atoms with Crippen molar-refractivity contribution in [3.8, 4) is 0 Å². The van der Waals surface area contributed by atoms with Gasteiger partial charge in [-0.1, -0.05) is 31.9 Å². The van der Waals surface area contributed by atoms with Gasteiger partial charge >= 0.3 is 17.9 Å². The molecule has 0 heterocycles. The second kappa shape index (κ2) is 10.3.